The minimum Gasteiger partial charge on any atom is -0.366 e. The molecule has 112 valence electrons. The molecule has 1 aromatic carbocycles. The predicted molar refractivity (Wildman–Crippen MR) is 80.2 cm³/mol. The summed E-state index contributed by atoms with van der Waals surface area (Å²) in [5, 5.41) is 0.256. The van der Waals surface area contributed by atoms with Gasteiger partial charge in [-0.05, 0) is 36.5 Å². The number of amides is 3. The highest BCUT2D eigenvalue weighted by molar-refractivity contribution is 6.36. The molecule has 1 saturated heterocycles. The van der Waals surface area contributed by atoms with E-state index in [1.807, 2.05) is 12.2 Å². The number of anilines is 1. The van der Waals surface area contributed by atoms with Crippen LogP contribution >= 0.6 is 11.6 Å². The Morgan fingerprint density at radius 3 is 2.27 bits per heavy atom. The topological polar surface area (TPSA) is 80.5 Å². The molecule has 0 unspecified atom stereocenters. The molecule has 1 heterocycles. The van der Waals surface area contributed by atoms with Gasteiger partial charge in [0.1, 0.15) is 0 Å². The van der Waals surface area contributed by atoms with Gasteiger partial charge in [0.15, 0.2) is 0 Å². The first kappa shape index (κ1) is 13.5. The summed E-state index contributed by atoms with van der Waals surface area (Å²) < 4.78 is 0. The van der Waals surface area contributed by atoms with E-state index in [4.69, 9.17) is 17.3 Å². The third-order valence-corrected chi connectivity index (χ3v) is 5.26. The summed E-state index contributed by atoms with van der Waals surface area (Å²) in [5.74, 6) is -1.40. The Balaban J connectivity index is 1.79. The number of benzene rings is 1. The molecule has 2 N–H and O–H groups in total. The van der Waals surface area contributed by atoms with Crippen LogP contribution in [0.1, 0.15) is 16.8 Å². The van der Waals surface area contributed by atoms with E-state index < -0.39 is 5.91 Å². The summed E-state index contributed by atoms with van der Waals surface area (Å²) in [6, 6.07) is 4.38. The van der Waals surface area contributed by atoms with E-state index in [0.717, 1.165) is 11.3 Å². The number of hydrogen-bond acceptors (Lipinski definition) is 3. The van der Waals surface area contributed by atoms with Crippen LogP contribution in [0.2, 0.25) is 5.02 Å². The first-order valence-corrected chi connectivity index (χ1v) is 7.52. The number of carbonyl (C=O) groups is 3. The van der Waals surface area contributed by atoms with Crippen molar-refractivity contribution in [3.05, 3.63) is 40.9 Å². The van der Waals surface area contributed by atoms with Crippen LogP contribution in [0, 0.1) is 23.7 Å². The number of halogens is 1. The van der Waals surface area contributed by atoms with E-state index in [1.165, 1.54) is 18.2 Å². The number of allylic oxidation sites excluding steroid dienone is 2. The van der Waals surface area contributed by atoms with Crippen molar-refractivity contribution in [3.8, 4) is 0 Å². The molecule has 3 aliphatic rings. The molecular weight excluding hydrogens is 304 g/mol. The minimum atomic E-state index is -0.626. The van der Waals surface area contributed by atoms with Crippen molar-refractivity contribution >= 4 is 35.0 Å². The number of nitrogens with two attached hydrogens (primary N) is 1. The molecule has 2 bridgehead atoms. The van der Waals surface area contributed by atoms with E-state index in [0.29, 0.717) is 0 Å². The Bertz CT molecular complexity index is 728. The highest BCUT2D eigenvalue weighted by Crippen LogP contribution is 2.53. The Kier molecular flexibility index (Phi) is 2.72. The maximum atomic E-state index is 12.7. The number of primary amides is 1. The van der Waals surface area contributed by atoms with Crippen molar-refractivity contribution in [3.63, 3.8) is 0 Å². The maximum Gasteiger partial charge on any atom is 0.248 e. The lowest BCUT2D eigenvalue weighted by Crippen LogP contribution is -2.33. The summed E-state index contributed by atoms with van der Waals surface area (Å²) in [5.41, 5.74) is 5.74. The lowest BCUT2D eigenvalue weighted by atomic mass is 9.85. The fourth-order valence-corrected chi connectivity index (χ4v) is 4.18. The number of rotatable bonds is 2. The third kappa shape index (κ3) is 1.63. The number of nitrogens with zero attached hydrogens (tertiary/aromatic N) is 1. The van der Waals surface area contributed by atoms with Crippen LogP contribution in [0.3, 0.4) is 0 Å². The first-order valence-electron chi connectivity index (χ1n) is 7.14. The highest BCUT2D eigenvalue weighted by atomic mass is 35.5. The van der Waals surface area contributed by atoms with E-state index >= 15 is 0 Å². The third-order valence-electron chi connectivity index (χ3n) is 4.94. The molecule has 2 aliphatic carbocycles. The van der Waals surface area contributed by atoms with Crippen molar-refractivity contribution in [2.45, 2.75) is 6.42 Å². The Labute approximate surface area is 131 Å². The van der Waals surface area contributed by atoms with E-state index in [9.17, 15) is 14.4 Å². The monoisotopic (exact) mass is 316 g/mol. The Hall–Kier alpha value is -2.14. The molecule has 2 fully saturated rings. The predicted octanol–water partition coefficient (Wildman–Crippen LogP) is 1.75. The molecule has 0 spiro atoms. The van der Waals surface area contributed by atoms with Crippen molar-refractivity contribution in [2.75, 3.05) is 4.90 Å². The number of carbonyl (C=O) groups excluding carboxylic acids is 3. The molecular formula is C16H13ClN2O3. The smallest absolute Gasteiger partial charge is 0.248 e. The van der Waals surface area contributed by atoms with Gasteiger partial charge in [0.25, 0.3) is 0 Å². The Morgan fingerprint density at radius 1 is 1.14 bits per heavy atom. The van der Waals surface area contributed by atoms with Gasteiger partial charge in [0.05, 0.1) is 22.5 Å². The average Bonchev–Trinajstić information content (AvgIpc) is 3.14. The standard InChI is InChI=1S/C16H13ClN2O3/c17-10-4-3-9(14(18)20)6-11(10)19-15(21)12-7-1-2-8(5-7)13(12)16(19)22/h1-4,6-8,12-13H,5H2,(H2,18,20)/t7-,8-,12-,13-/m0/s1. The minimum absolute atomic E-state index is 0.134. The van der Waals surface area contributed by atoms with Gasteiger partial charge in [-0.2, -0.15) is 0 Å². The van der Waals surface area contributed by atoms with Crippen molar-refractivity contribution < 1.29 is 14.4 Å². The molecule has 1 aromatic rings. The van der Waals surface area contributed by atoms with Gasteiger partial charge < -0.3 is 5.73 Å². The SMILES string of the molecule is NC(=O)c1ccc(Cl)c(N2C(=O)[C@@H]3[C@@H](C2=O)[C@H]2C=C[C@H]3C2)c1. The quantitative estimate of drug-likeness (QED) is 0.666. The molecule has 6 heteroatoms. The lowest BCUT2D eigenvalue weighted by molar-refractivity contribution is -0.123. The second kappa shape index (κ2) is 4.43. The van der Waals surface area contributed by atoms with Crippen molar-refractivity contribution in [1.29, 1.82) is 0 Å². The van der Waals surface area contributed by atoms with Crippen LogP contribution in [-0.4, -0.2) is 17.7 Å². The van der Waals surface area contributed by atoms with Gasteiger partial charge in [-0.25, -0.2) is 4.90 Å². The van der Waals surface area contributed by atoms with E-state index in [2.05, 4.69) is 0 Å². The van der Waals surface area contributed by atoms with E-state index in [1.54, 1.807) is 0 Å². The number of fused-ring (bicyclic) bond motifs is 5. The fraction of sp³-hybridized carbons (Fsp3) is 0.312. The summed E-state index contributed by atoms with van der Waals surface area (Å²) in [4.78, 5) is 37.9. The maximum absolute atomic E-state index is 12.7. The molecule has 0 aromatic heterocycles. The molecule has 0 radical (unpaired) electrons. The highest BCUT2D eigenvalue weighted by Gasteiger charge is 2.59. The number of hydrogen-bond donors (Lipinski definition) is 1. The van der Waals surface area contributed by atoms with Crippen LogP contribution in [0.5, 0.6) is 0 Å². The normalized spacial score (nSPS) is 32.0. The zero-order valence-electron chi connectivity index (χ0n) is 11.5. The fourth-order valence-electron chi connectivity index (χ4n) is 3.98. The second-order valence-electron chi connectivity index (χ2n) is 6.04. The van der Waals surface area contributed by atoms with Gasteiger partial charge in [-0.3, -0.25) is 14.4 Å². The van der Waals surface area contributed by atoms with E-state index in [-0.39, 0.29) is 51.8 Å². The summed E-state index contributed by atoms with van der Waals surface area (Å²) >= 11 is 6.14. The zero-order chi connectivity index (χ0) is 15.6. The van der Waals surface area contributed by atoms with Crippen LogP contribution in [-0.2, 0) is 9.59 Å². The lowest BCUT2D eigenvalue weighted by Gasteiger charge is -2.19. The molecule has 4 rings (SSSR count). The molecule has 3 amide bonds. The number of imide groups is 1. The summed E-state index contributed by atoms with van der Waals surface area (Å²) in [6.45, 7) is 0. The molecule has 4 atom stereocenters. The molecule has 1 aliphatic heterocycles. The Morgan fingerprint density at radius 2 is 1.73 bits per heavy atom. The van der Waals surface area contributed by atoms with Crippen LogP contribution in [0.15, 0.2) is 30.4 Å². The van der Waals surface area contributed by atoms with Crippen LogP contribution < -0.4 is 10.6 Å². The second-order valence-corrected chi connectivity index (χ2v) is 6.45. The van der Waals surface area contributed by atoms with Crippen LogP contribution in [0.25, 0.3) is 0 Å². The largest absolute Gasteiger partial charge is 0.366 e. The average molecular weight is 317 g/mol. The van der Waals surface area contributed by atoms with Gasteiger partial charge in [0.2, 0.25) is 17.7 Å². The summed E-state index contributed by atoms with van der Waals surface area (Å²) in [6.07, 6.45) is 4.93. The van der Waals surface area contributed by atoms with Gasteiger partial charge in [-0.1, -0.05) is 23.8 Å². The molecule has 1 saturated carbocycles. The zero-order valence-corrected chi connectivity index (χ0v) is 12.3. The van der Waals surface area contributed by atoms with Gasteiger partial charge in [-0.15, -0.1) is 0 Å². The van der Waals surface area contributed by atoms with Gasteiger partial charge in [0, 0.05) is 5.56 Å². The van der Waals surface area contributed by atoms with Crippen molar-refractivity contribution in [2.24, 2.45) is 29.4 Å². The summed E-state index contributed by atoms with van der Waals surface area (Å²) in [7, 11) is 0. The van der Waals surface area contributed by atoms with Crippen LogP contribution in [0.4, 0.5) is 5.69 Å². The van der Waals surface area contributed by atoms with Gasteiger partial charge >= 0.3 is 0 Å². The van der Waals surface area contributed by atoms with Crippen molar-refractivity contribution in [1.82, 2.24) is 0 Å². The molecule has 22 heavy (non-hydrogen) atoms. The first-order chi connectivity index (χ1) is 10.5. The molecule has 5 nitrogen and oxygen atoms in total.